The van der Waals surface area contributed by atoms with Gasteiger partial charge in [-0.25, -0.2) is 8.42 Å². The summed E-state index contributed by atoms with van der Waals surface area (Å²) in [5, 5.41) is 5.61. The molecule has 2 aliphatic rings. The average molecular weight is 458 g/mol. The fourth-order valence-electron chi connectivity index (χ4n) is 4.07. The van der Waals surface area contributed by atoms with Crippen LogP contribution in [0.25, 0.3) is 0 Å². The van der Waals surface area contributed by atoms with E-state index in [1.165, 1.54) is 10.4 Å². The minimum absolute atomic E-state index is 0.118. The van der Waals surface area contributed by atoms with E-state index in [1.54, 1.807) is 13.0 Å². The van der Waals surface area contributed by atoms with Crippen molar-refractivity contribution in [1.29, 1.82) is 0 Å². The third-order valence-corrected chi connectivity index (χ3v) is 8.06. The summed E-state index contributed by atoms with van der Waals surface area (Å²) in [6.45, 7) is 5.99. The smallest absolute Gasteiger partial charge is 0.262 e. The molecule has 0 saturated carbocycles. The van der Waals surface area contributed by atoms with Crippen LogP contribution in [0.15, 0.2) is 35.2 Å². The van der Waals surface area contributed by atoms with Crippen molar-refractivity contribution in [3.8, 4) is 5.75 Å². The molecule has 0 aromatic heterocycles. The molecule has 0 radical (unpaired) electrons. The number of rotatable bonds is 4. The Hall–Kier alpha value is -2.91. The van der Waals surface area contributed by atoms with Gasteiger partial charge in [0.05, 0.1) is 16.5 Å². The molecule has 2 amide bonds. The van der Waals surface area contributed by atoms with Gasteiger partial charge in [0.2, 0.25) is 15.9 Å². The normalized spacial score (nSPS) is 19.0. The quantitative estimate of drug-likeness (QED) is 0.734. The first-order chi connectivity index (χ1) is 15.1. The molecule has 2 aromatic carbocycles. The highest BCUT2D eigenvalue weighted by molar-refractivity contribution is 7.89. The van der Waals surface area contributed by atoms with E-state index < -0.39 is 15.9 Å². The molecule has 32 heavy (non-hydrogen) atoms. The fourth-order valence-corrected chi connectivity index (χ4v) is 5.82. The zero-order valence-electron chi connectivity index (χ0n) is 18.4. The van der Waals surface area contributed by atoms with E-state index in [-0.39, 0.29) is 29.9 Å². The van der Waals surface area contributed by atoms with Gasteiger partial charge in [0.1, 0.15) is 5.75 Å². The molecular weight excluding hydrogens is 430 g/mol. The van der Waals surface area contributed by atoms with Crippen molar-refractivity contribution in [2.45, 2.75) is 38.5 Å². The Kier molecular flexibility index (Phi) is 5.96. The Morgan fingerprint density at radius 1 is 1.12 bits per heavy atom. The van der Waals surface area contributed by atoms with Crippen LogP contribution in [0.5, 0.6) is 5.75 Å². The molecule has 0 bridgehead atoms. The van der Waals surface area contributed by atoms with Crippen LogP contribution < -0.4 is 15.4 Å². The van der Waals surface area contributed by atoms with Crippen molar-refractivity contribution in [2.75, 3.05) is 30.3 Å². The number of amides is 2. The number of fused-ring (bicyclic) bond motifs is 1. The van der Waals surface area contributed by atoms with Gasteiger partial charge in [-0.1, -0.05) is 6.07 Å². The molecule has 0 unspecified atom stereocenters. The van der Waals surface area contributed by atoms with Gasteiger partial charge in [-0.15, -0.1) is 0 Å². The van der Waals surface area contributed by atoms with Crippen LogP contribution in [0.3, 0.4) is 0 Å². The van der Waals surface area contributed by atoms with Gasteiger partial charge in [-0.2, -0.15) is 4.31 Å². The van der Waals surface area contributed by atoms with Gasteiger partial charge in [0.15, 0.2) is 6.61 Å². The molecule has 4 rings (SSSR count). The van der Waals surface area contributed by atoms with E-state index in [1.807, 2.05) is 32.0 Å². The van der Waals surface area contributed by atoms with E-state index in [2.05, 4.69) is 10.6 Å². The van der Waals surface area contributed by atoms with Gasteiger partial charge in [0.25, 0.3) is 5.91 Å². The Morgan fingerprint density at radius 3 is 2.66 bits per heavy atom. The number of aryl methyl sites for hydroxylation is 3. The minimum atomic E-state index is -3.83. The highest BCUT2D eigenvalue weighted by Gasteiger charge is 2.35. The lowest BCUT2D eigenvalue weighted by Crippen LogP contribution is -2.43. The van der Waals surface area contributed by atoms with Crippen LogP contribution in [-0.4, -0.2) is 44.2 Å². The second-order valence-electron chi connectivity index (χ2n) is 8.44. The summed E-state index contributed by atoms with van der Waals surface area (Å²) in [7, 11) is -3.83. The zero-order valence-corrected chi connectivity index (χ0v) is 19.2. The first-order valence-electron chi connectivity index (χ1n) is 10.6. The largest absolute Gasteiger partial charge is 0.482 e. The maximum atomic E-state index is 13.4. The van der Waals surface area contributed by atoms with Crippen molar-refractivity contribution >= 4 is 33.2 Å². The summed E-state index contributed by atoms with van der Waals surface area (Å²) in [6, 6.07) is 8.78. The molecule has 2 aliphatic heterocycles. The van der Waals surface area contributed by atoms with Crippen molar-refractivity contribution in [1.82, 2.24) is 4.31 Å². The number of carbonyl (C=O) groups excluding carboxylic acids is 2. The highest BCUT2D eigenvalue weighted by Crippen LogP contribution is 2.35. The number of nitrogens with one attached hydrogen (secondary N) is 2. The highest BCUT2D eigenvalue weighted by atomic mass is 32.2. The van der Waals surface area contributed by atoms with Gasteiger partial charge in [-0.05, 0) is 68.5 Å². The van der Waals surface area contributed by atoms with E-state index in [9.17, 15) is 18.0 Å². The van der Waals surface area contributed by atoms with E-state index >= 15 is 0 Å². The van der Waals surface area contributed by atoms with Crippen molar-refractivity contribution in [3.63, 3.8) is 0 Å². The molecule has 1 saturated heterocycles. The zero-order chi connectivity index (χ0) is 23.0. The van der Waals surface area contributed by atoms with E-state index in [4.69, 9.17) is 4.74 Å². The van der Waals surface area contributed by atoms with Crippen LogP contribution in [0, 0.1) is 26.7 Å². The topological polar surface area (TPSA) is 105 Å². The predicted molar refractivity (Wildman–Crippen MR) is 121 cm³/mol. The van der Waals surface area contributed by atoms with Crippen LogP contribution >= 0.6 is 0 Å². The van der Waals surface area contributed by atoms with E-state index in [0.29, 0.717) is 42.1 Å². The van der Waals surface area contributed by atoms with Crippen LogP contribution in [0.1, 0.15) is 29.5 Å². The average Bonchev–Trinajstić information content (AvgIpc) is 2.75. The Morgan fingerprint density at radius 2 is 1.91 bits per heavy atom. The van der Waals surface area contributed by atoms with Crippen molar-refractivity contribution < 1.29 is 22.7 Å². The molecule has 2 aromatic rings. The maximum Gasteiger partial charge on any atom is 0.262 e. The lowest BCUT2D eigenvalue weighted by molar-refractivity contribution is -0.121. The summed E-state index contributed by atoms with van der Waals surface area (Å²) >= 11 is 0. The number of anilines is 2. The number of piperidine rings is 1. The fraction of sp³-hybridized carbons (Fsp3) is 0.391. The Labute approximate surface area is 188 Å². The van der Waals surface area contributed by atoms with Crippen molar-refractivity contribution in [3.05, 3.63) is 47.0 Å². The number of sulfonamides is 1. The number of carbonyl (C=O) groups is 2. The number of hydrogen-bond donors (Lipinski definition) is 2. The number of ether oxygens (including phenoxy) is 1. The molecule has 2 heterocycles. The van der Waals surface area contributed by atoms with Crippen LogP contribution in [0.4, 0.5) is 11.4 Å². The summed E-state index contributed by atoms with van der Waals surface area (Å²) in [5.41, 5.74) is 3.90. The van der Waals surface area contributed by atoms with Crippen LogP contribution in [-0.2, 0) is 19.6 Å². The standard InChI is InChI=1S/C23H27N3O5S/c1-14-6-7-18(9-15(14)2)24-23(28)17-5-4-8-26(12-17)32(29,30)21-11-20-19(10-16(21)3)25-22(27)13-31-20/h6-7,9-11,17H,4-5,8,12-13H2,1-3H3,(H,24,28)(H,25,27)/t17-/m1/s1. The monoisotopic (exact) mass is 457 g/mol. The molecule has 9 heteroatoms. The first kappa shape index (κ1) is 22.3. The number of hydrogen-bond acceptors (Lipinski definition) is 5. The second kappa shape index (κ2) is 8.55. The summed E-state index contributed by atoms with van der Waals surface area (Å²) in [5.74, 6) is -0.564. The van der Waals surface area contributed by atoms with Crippen molar-refractivity contribution in [2.24, 2.45) is 5.92 Å². The molecule has 8 nitrogen and oxygen atoms in total. The summed E-state index contributed by atoms with van der Waals surface area (Å²) in [4.78, 5) is 24.5. The maximum absolute atomic E-state index is 13.4. The second-order valence-corrected chi connectivity index (χ2v) is 10.3. The minimum Gasteiger partial charge on any atom is -0.482 e. The molecule has 170 valence electrons. The number of benzene rings is 2. The molecule has 1 atom stereocenters. The molecular formula is C23H27N3O5S. The molecule has 0 spiro atoms. The Bertz CT molecular complexity index is 1190. The molecule has 2 N–H and O–H groups in total. The van der Waals surface area contributed by atoms with Crippen LogP contribution in [0.2, 0.25) is 0 Å². The third-order valence-electron chi connectivity index (χ3n) is 6.06. The lowest BCUT2D eigenvalue weighted by Gasteiger charge is -2.32. The van der Waals surface area contributed by atoms with Gasteiger partial charge in [0, 0.05) is 24.8 Å². The SMILES string of the molecule is Cc1ccc(NC(=O)[C@@H]2CCCN(S(=O)(=O)c3cc4c(cc3C)NC(=O)CO4)C2)cc1C. The summed E-state index contributed by atoms with van der Waals surface area (Å²) < 4.78 is 33.6. The first-order valence-corrected chi connectivity index (χ1v) is 12.0. The van der Waals surface area contributed by atoms with Gasteiger partial charge in [-0.3, -0.25) is 9.59 Å². The number of nitrogens with zero attached hydrogens (tertiary/aromatic N) is 1. The predicted octanol–water partition coefficient (Wildman–Crippen LogP) is 2.98. The molecule has 1 fully saturated rings. The van der Waals surface area contributed by atoms with Gasteiger partial charge >= 0.3 is 0 Å². The van der Waals surface area contributed by atoms with Gasteiger partial charge < -0.3 is 15.4 Å². The Balaban J connectivity index is 1.53. The molecule has 0 aliphatic carbocycles. The lowest BCUT2D eigenvalue weighted by atomic mass is 9.98. The summed E-state index contributed by atoms with van der Waals surface area (Å²) in [6.07, 6.45) is 1.22. The van der Waals surface area contributed by atoms with E-state index in [0.717, 1.165) is 11.1 Å². The third kappa shape index (κ3) is 4.35.